The van der Waals surface area contributed by atoms with Crippen LogP contribution in [-0.4, -0.2) is 4.98 Å². The normalized spacial score (nSPS) is 10.3. The second kappa shape index (κ2) is 5.71. The Hall–Kier alpha value is -0.770. The zero-order valence-corrected chi connectivity index (χ0v) is 11.8. The number of nitrogens with zero attached hydrogens (tertiary/aromatic N) is 1. The minimum absolute atomic E-state index is 0.280. The van der Waals surface area contributed by atoms with Gasteiger partial charge in [-0.05, 0) is 40.2 Å². The van der Waals surface area contributed by atoms with Gasteiger partial charge < -0.3 is 4.74 Å². The Kier molecular flexibility index (Phi) is 4.26. The van der Waals surface area contributed by atoms with Gasteiger partial charge in [-0.3, -0.25) is 0 Å². The van der Waals surface area contributed by atoms with Crippen LogP contribution in [0.4, 0.5) is 0 Å². The number of pyridine rings is 1. The summed E-state index contributed by atoms with van der Waals surface area (Å²) in [5, 5.41) is 0.946. The van der Waals surface area contributed by atoms with Crippen molar-refractivity contribution in [2.45, 2.75) is 6.61 Å². The Balaban J connectivity index is 2.12. The first kappa shape index (κ1) is 12.7. The molecule has 2 rings (SSSR count). The van der Waals surface area contributed by atoms with Crippen molar-refractivity contribution < 1.29 is 4.74 Å². The molecular formula is C12H8BrCl2NO. The van der Waals surface area contributed by atoms with Crippen LogP contribution in [0.3, 0.4) is 0 Å². The quantitative estimate of drug-likeness (QED) is 0.758. The van der Waals surface area contributed by atoms with Crippen molar-refractivity contribution in [2.24, 2.45) is 0 Å². The van der Waals surface area contributed by atoms with Crippen LogP contribution < -0.4 is 4.74 Å². The molecule has 0 amide bonds. The van der Waals surface area contributed by atoms with Crippen LogP contribution in [0.2, 0.25) is 10.2 Å². The third kappa shape index (κ3) is 3.35. The van der Waals surface area contributed by atoms with E-state index in [4.69, 9.17) is 27.9 Å². The molecular weight excluding hydrogens is 325 g/mol. The lowest BCUT2D eigenvalue weighted by Gasteiger charge is -2.08. The number of rotatable bonds is 3. The molecule has 0 bridgehead atoms. The van der Waals surface area contributed by atoms with Crippen molar-refractivity contribution >= 4 is 39.1 Å². The molecule has 0 saturated carbocycles. The predicted octanol–water partition coefficient (Wildman–Crippen LogP) is 4.73. The van der Waals surface area contributed by atoms with Gasteiger partial charge in [0.1, 0.15) is 17.5 Å². The highest BCUT2D eigenvalue weighted by molar-refractivity contribution is 9.10. The van der Waals surface area contributed by atoms with Crippen LogP contribution >= 0.6 is 39.1 Å². The molecule has 1 aromatic carbocycles. The molecule has 0 saturated heterocycles. The average molecular weight is 333 g/mol. The van der Waals surface area contributed by atoms with Crippen LogP contribution in [0.5, 0.6) is 5.75 Å². The number of ether oxygens (including phenoxy) is 1. The number of hydrogen-bond acceptors (Lipinski definition) is 2. The standard InChI is InChI=1S/C12H8BrCl2NO/c13-8-3-1-2-4-11(8)17-7-10-9(14)5-6-12(15)16-10/h1-6H,7H2. The maximum atomic E-state index is 5.99. The molecule has 0 radical (unpaired) electrons. The summed E-state index contributed by atoms with van der Waals surface area (Å²) in [5.74, 6) is 0.741. The van der Waals surface area contributed by atoms with Gasteiger partial charge in [0, 0.05) is 0 Å². The van der Waals surface area contributed by atoms with Crippen LogP contribution in [0, 0.1) is 0 Å². The lowest BCUT2D eigenvalue weighted by atomic mass is 10.3. The SMILES string of the molecule is Clc1ccc(Cl)c(COc2ccccc2Br)n1. The average Bonchev–Trinajstić information content (AvgIpc) is 2.32. The molecule has 0 aliphatic rings. The first-order valence-corrected chi connectivity index (χ1v) is 6.40. The molecule has 0 spiro atoms. The van der Waals surface area contributed by atoms with Crippen molar-refractivity contribution in [3.05, 3.63) is 56.7 Å². The second-order valence-electron chi connectivity index (χ2n) is 3.28. The summed E-state index contributed by atoms with van der Waals surface area (Å²) in [4.78, 5) is 4.11. The highest BCUT2D eigenvalue weighted by atomic mass is 79.9. The minimum Gasteiger partial charge on any atom is -0.486 e. The first-order valence-electron chi connectivity index (χ1n) is 4.85. The van der Waals surface area contributed by atoms with E-state index in [-0.39, 0.29) is 6.61 Å². The Morgan fingerprint density at radius 3 is 2.65 bits per heavy atom. The monoisotopic (exact) mass is 331 g/mol. The van der Waals surface area contributed by atoms with E-state index < -0.39 is 0 Å². The van der Waals surface area contributed by atoms with Gasteiger partial charge in [0.25, 0.3) is 0 Å². The highest BCUT2D eigenvalue weighted by Crippen LogP contribution is 2.25. The minimum atomic E-state index is 0.280. The fraction of sp³-hybridized carbons (Fsp3) is 0.0833. The van der Waals surface area contributed by atoms with Gasteiger partial charge in [-0.2, -0.15) is 0 Å². The number of aromatic nitrogens is 1. The molecule has 2 nitrogen and oxygen atoms in total. The molecule has 0 unspecified atom stereocenters. The van der Waals surface area contributed by atoms with Gasteiger partial charge in [0.05, 0.1) is 15.2 Å². The van der Waals surface area contributed by atoms with Gasteiger partial charge in [0.15, 0.2) is 0 Å². The number of halogens is 3. The molecule has 0 N–H and O–H groups in total. The zero-order chi connectivity index (χ0) is 12.3. The fourth-order valence-corrected chi connectivity index (χ4v) is 1.99. The summed E-state index contributed by atoms with van der Waals surface area (Å²) in [6.45, 7) is 0.280. The van der Waals surface area contributed by atoms with Crippen molar-refractivity contribution in [1.82, 2.24) is 4.98 Å². The lowest BCUT2D eigenvalue weighted by molar-refractivity contribution is 0.299. The molecule has 1 aromatic heterocycles. The largest absolute Gasteiger partial charge is 0.486 e. The Morgan fingerprint density at radius 1 is 1.12 bits per heavy atom. The van der Waals surface area contributed by atoms with Gasteiger partial charge in [-0.25, -0.2) is 4.98 Å². The maximum Gasteiger partial charge on any atom is 0.134 e. The highest BCUT2D eigenvalue weighted by Gasteiger charge is 2.05. The van der Waals surface area contributed by atoms with Gasteiger partial charge in [-0.1, -0.05) is 35.3 Å². The first-order chi connectivity index (χ1) is 8.16. The zero-order valence-electron chi connectivity index (χ0n) is 8.66. The van der Waals surface area contributed by atoms with E-state index in [2.05, 4.69) is 20.9 Å². The van der Waals surface area contributed by atoms with Crippen molar-refractivity contribution in [3.63, 3.8) is 0 Å². The van der Waals surface area contributed by atoms with E-state index in [1.54, 1.807) is 12.1 Å². The summed E-state index contributed by atoms with van der Waals surface area (Å²) < 4.78 is 6.49. The molecule has 1 heterocycles. The lowest BCUT2D eigenvalue weighted by Crippen LogP contribution is -1.99. The molecule has 0 atom stereocenters. The van der Waals surface area contributed by atoms with Gasteiger partial charge >= 0.3 is 0 Å². The Morgan fingerprint density at radius 2 is 1.88 bits per heavy atom. The molecule has 0 fully saturated rings. The molecule has 2 aromatic rings. The summed E-state index contributed by atoms with van der Waals surface area (Å²) in [6, 6.07) is 10.9. The summed E-state index contributed by atoms with van der Waals surface area (Å²) >= 11 is 15.2. The van der Waals surface area contributed by atoms with Crippen LogP contribution in [0.25, 0.3) is 0 Å². The molecule has 0 aliphatic heterocycles. The van der Waals surface area contributed by atoms with Crippen molar-refractivity contribution in [3.8, 4) is 5.75 Å². The van der Waals surface area contributed by atoms with E-state index in [0.717, 1.165) is 10.2 Å². The second-order valence-corrected chi connectivity index (χ2v) is 4.93. The van der Waals surface area contributed by atoms with Gasteiger partial charge in [-0.15, -0.1) is 0 Å². The molecule has 5 heteroatoms. The Labute approximate surface area is 118 Å². The van der Waals surface area contributed by atoms with Crippen LogP contribution in [-0.2, 0) is 6.61 Å². The summed E-state index contributed by atoms with van der Waals surface area (Å²) in [6.07, 6.45) is 0. The number of benzene rings is 1. The van der Waals surface area contributed by atoms with Gasteiger partial charge in [0.2, 0.25) is 0 Å². The smallest absolute Gasteiger partial charge is 0.134 e. The Bertz CT molecular complexity index is 534. The molecule has 88 valence electrons. The maximum absolute atomic E-state index is 5.99. The topological polar surface area (TPSA) is 22.1 Å². The van der Waals surface area contributed by atoms with Crippen molar-refractivity contribution in [2.75, 3.05) is 0 Å². The van der Waals surface area contributed by atoms with E-state index in [0.29, 0.717) is 15.9 Å². The van der Waals surface area contributed by atoms with Crippen LogP contribution in [0.15, 0.2) is 40.9 Å². The third-order valence-electron chi connectivity index (χ3n) is 2.09. The fourth-order valence-electron chi connectivity index (χ4n) is 1.27. The number of hydrogen-bond donors (Lipinski definition) is 0. The van der Waals surface area contributed by atoms with E-state index in [9.17, 15) is 0 Å². The number of para-hydroxylation sites is 1. The third-order valence-corrected chi connectivity index (χ3v) is 3.30. The summed E-state index contributed by atoms with van der Waals surface area (Å²) in [7, 11) is 0. The van der Waals surface area contributed by atoms with E-state index >= 15 is 0 Å². The molecule has 0 aliphatic carbocycles. The van der Waals surface area contributed by atoms with E-state index in [1.165, 1.54) is 0 Å². The molecule has 17 heavy (non-hydrogen) atoms. The van der Waals surface area contributed by atoms with E-state index in [1.807, 2.05) is 24.3 Å². The van der Waals surface area contributed by atoms with Crippen molar-refractivity contribution in [1.29, 1.82) is 0 Å². The predicted molar refractivity (Wildman–Crippen MR) is 72.7 cm³/mol. The summed E-state index contributed by atoms with van der Waals surface area (Å²) in [5.41, 5.74) is 0.620. The van der Waals surface area contributed by atoms with Crippen LogP contribution in [0.1, 0.15) is 5.69 Å².